The summed E-state index contributed by atoms with van der Waals surface area (Å²) < 4.78 is 46.4. The van der Waals surface area contributed by atoms with Crippen LogP contribution in [0.3, 0.4) is 0 Å². The topological polar surface area (TPSA) is 90.9 Å². The van der Waals surface area contributed by atoms with Gasteiger partial charge in [-0.05, 0) is 57.8 Å². The second kappa shape index (κ2) is 29.0. The van der Waals surface area contributed by atoms with E-state index in [2.05, 4.69) is 6.92 Å². The Kier molecular flexibility index (Phi) is 26.1. The summed E-state index contributed by atoms with van der Waals surface area (Å²) >= 11 is 0. The van der Waals surface area contributed by atoms with Crippen molar-refractivity contribution in [2.75, 3.05) is 41.7 Å². The Hall–Kier alpha value is -0.810. The minimum absolute atomic E-state index is 0.0195. The number of carbonyl (C=O) groups excluding carboxylic acids is 1. The molecule has 0 aromatic rings. The standard InChI is InChI=1S/C38H72O9/c1-5-6-7-8-9-10-11-12-13-14-15-19-22-34(44-30-41-3)36-26-27-37(47-36)35(45-31-42-4)25-23-33-21-18-16-17-20-32(43-29-40-2)24-28-38(39)46-33/h32-37H,5-31H2,1-4H3/t32-,33-,34+,35-,36-,37-/m1/s1. The van der Waals surface area contributed by atoms with Crippen molar-refractivity contribution in [3.05, 3.63) is 0 Å². The number of rotatable bonds is 27. The van der Waals surface area contributed by atoms with Gasteiger partial charge in [0.15, 0.2) is 0 Å². The monoisotopic (exact) mass is 673 g/mol. The van der Waals surface area contributed by atoms with E-state index in [1.54, 1.807) is 21.3 Å². The zero-order chi connectivity index (χ0) is 33.8. The fourth-order valence-corrected chi connectivity index (χ4v) is 7.02. The molecule has 0 N–H and O–H groups in total. The molecule has 0 aromatic heterocycles. The molecule has 0 aromatic carbocycles. The molecule has 2 aliphatic heterocycles. The van der Waals surface area contributed by atoms with Crippen LogP contribution in [0.1, 0.15) is 161 Å². The van der Waals surface area contributed by atoms with Crippen molar-refractivity contribution in [2.45, 2.75) is 198 Å². The molecular formula is C38H72O9. The molecule has 0 bridgehead atoms. The van der Waals surface area contributed by atoms with E-state index >= 15 is 0 Å². The van der Waals surface area contributed by atoms with Crippen molar-refractivity contribution >= 4 is 5.97 Å². The van der Waals surface area contributed by atoms with Crippen LogP contribution in [0.15, 0.2) is 0 Å². The first kappa shape index (κ1) is 42.4. The van der Waals surface area contributed by atoms with Crippen molar-refractivity contribution in [3.8, 4) is 0 Å². The lowest BCUT2D eigenvalue weighted by atomic mass is 9.98. The highest BCUT2D eigenvalue weighted by atomic mass is 16.7. The third kappa shape index (κ3) is 20.5. The number of carbonyl (C=O) groups is 1. The molecule has 0 unspecified atom stereocenters. The Labute approximate surface area is 287 Å². The molecule has 0 saturated carbocycles. The van der Waals surface area contributed by atoms with Crippen molar-refractivity contribution in [1.29, 1.82) is 0 Å². The van der Waals surface area contributed by atoms with Crippen LogP contribution in [0.5, 0.6) is 0 Å². The van der Waals surface area contributed by atoms with E-state index in [4.69, 9.17) is 37.9 Å². The van der Waals surface area contributed by atoms with Gasteiger partial charge in [-0.1, -0.05) is 96.8 Å². The van der Waals surface area contributed by atoms with Crippen LogP contribution >= 0.6 is 0 Å². The smallest absolute Gasteiger partial charge is 0.306 e. The SMILES string of the molecule is CCCCCCCCCCCCCC[C@H](OCOC)[C@H]1CC[C@H]([C@@H](CC[C@H]2CCCCC[C@@H](OCOC)CCC(=O)O2)OCOC)O1. The maximum Gasteiger partial charge on any atom is 0.306 e. The first-order chi connectivity index (χ1) is 23.1. The van der Waals surface area contributed by atoms with Crippen molar-refractivity contribution in [3.63, 3.8) is 0 Å². The fraction of sp³-hybridized carbons (Fsp3) is 0.974. The van der Waals surface area contributed by atoms with Crippen LogP contribution < -0.4 is 0 Å². The normalized spacial score (nSPS) is 24.1. The Bertz CT molecular complexity index is 723. The summed E-state index contributed by atoms with van der Waals surface area (Å²) in [6, 6.07) is 0. The molecule has 0 spiro atoms. The number of hydrogen-bond donors (Lipinski definition) is 0. The molecule has 278 valence electrons. The van der Waals surface area contributed by atoms with Gasteiger partial charge in [-0.25, -0.2) is 0 Å². The molecule has 0 aliphatic carbocycles. The van der Waals surface area contributed by atoms with Crippen LogP contribution in [0.25, 0.3) is 0 Å². The highest BCUT2D eigenvalue weighted by Gasteiger charge is 2.37. The maximum atomic E-state index is 12.7. The largest absolute Gasteiger partial charge is 0.462 e. The average molecular weight is 673 g/mol. The predicted octanol–water partition coefficient (Wildman–Crippen LogP) is 9.03. The predicted molar refractivity (Wildman–Crippen MR) is 185 cm³/mol. The molecule has 6 atom stereocenters. The molecule has 2 fully saturated rings. The van der Waals surface area contributed by atoms with Crippen LogP contribution in [-0.2, 0) is 42.7 Å². The third-order valence-electron chi connectivity index (χ3n) is 9.77. The Balaban J connectivity index is 1.78. The van der Waals surface area contributed by atoms with Crippen LogP contribution in [0.4, 0.5) is 0 Å². The van der Waals surface area contributed by atoms with Gasteiger partial charge in [0, 0.05) is 27.8 Å². The average Bonchev–Trinajstić information content (AvgIpc) is 3.55. The molecule has 9 heteroatoms. The van der Waals surface area contributed by atoms with E-state index in [1.165, 1.54) is 70.6 Å². The molecule has 2 heterocycles. The lowest BCUT2D eigenvalue weighted by molar-refractivity contribution is -0.162. The molecule has 0 amide bonds. The maximum absolute atomic E-state index is 12.7. The minimum Gasteiger partial charge on any atom is -0.462 e. The van der Waals surface area contributed by atoms with Gasteiger partial charge in [0.2, 0.25) is 0 Å². The Morgan fingerprint density at radius 3 is 1.79 bits per heavy atom. The van der Waals surface area contributed by atoms with E-state index in [9.17, 15) is 4.79 Å². The van der Waals surface area contributed by atoms with Gasteiger partial charge in [0.25, 0.3) is 0 Å². The Morgan fingerprint density at radius 2 is 1.19 bits per heavy atom. The minimum atomic E-state index is -0.148. The van der Waals surface area contributed by atoms with Gasteiger partial charge < -0.3 is 37.9 Å². The highest BCUT2D eigenvalue weighted by molar-refractivity contribution is 5.69. The van der Waals surface area contributed by atoms with Crippen molar-refractivity contribution in [2.24, 2.45) is 0 Å². The van der Waals surface area contributed by atoms with Gasteiger partial charge in [0.05, 0.1) is 30.5 Å². The second-order valence-corrected chi connectivity index (χ2v) is 13.8. The lowest BCUT2D eigenvalue weighted by Gasteiger charge is -2.28. The summed E-state index contributed by atoms with van der Waals surface area (Å²) in [5.74, 6) is -0.148. The quantitative estimate of drug-likeness (QED) is 0.0482. The summed E-state index contributed by atoms with van der Waals surface area (Å²) in [5, 5.41) is 0. The molecule has 9 nitrogen and oxygen atoms in total. The zero-order valence-corrected chi connectivity index (χ0v) is 30.7. The van der Waals surface area contributed by atoms with Gasteiger partial charge in [0.1, 0.15) is 26.5 Å². The summed E-state index contributed by atoms with van der Waals surface area (Å²) in [7, 11) is 4.95. The molecule has 2 aliphatic rings. The first-order valence-electron chi connectivity index (χ1n) is 19.3. The van der Waals surface area contributed by atoms with Gasteiger partial charge in [-0.3, -0.25) is 4.79 Å². The number of ether oxygens (including phenoxy) is 8. The number of unbranched alkanes of at least 4 members (excludes halogenated alkanes) is 11. The van der Waals surface area contributed by atoms with E-state index in [1.807, 2.05) is 0 Å². The summed E-state index contributed by atoms with van der Waals surface area (Å²) in [6.07, 6.45) is 26.2. The van der Waals surface area contributed by atoms with Gasteiger partial charge >= 0.3 is 5.97 Å². The first-order valence-corrected chi connectivity index (χ1v) is 19.3. The van der Waals surface area contributed by atoms with E-state index in [-0.39, 0.29) is 63.0 Å². The molecule has 0 radical (unpaired) electrons. The summed E-state index contributed by atoms with van der Waals surface area (Å²) in [5.41, 5.74) is 0. The summed E-state index contributed by atoms with van der Waals surface area (Å²) in [4.78, 5) is 12.7. The lowest BCUT2D eigenvalue weighted by Crippen LogP contribution is -2.35. The van der Waals surface area contributed by atoms with Crippen molar-refractivity contribution in [1.82, 2.24) is 0 Å². The zero-order valence-electron chi connectivity index (χ0n) is 30.7. The molecule has 47 heavy (non-hydrogen) atoms. The number of esters is 1. The number of hydrogen-bond acceptors (Lipinski definition) is 9. The van der Waals surface area contributed by atoms with Crippen LogP contribution in [0.2, 0.25) is 0 Å². The van der Waals surface area contributed by atoms with Crippen LogP contribution in [0, 0.1) is 0 Å². The van der Waals surface area contributed by atoms with Crippen molar-refractivity contribution < 1.29 is 42.7 Å². The molecule has 2 saturated heterocycles. The fourth-order valence-electron chi connectivity index (χ4n) is 7.02. The van der Waals surface area contributed by atoms with E-state index < -0.39 is 0 Å². The van der Waals surface area contributed by atoms with Gasteiger partial charge in [-0.15, -0.1) is 0 Å². The Morgan fingerprint density at radius 1 is 0.638 bits per heavy atom. The van der Waals surface area contributed by atoms with E-state index in [0.29, 0.717) is 12.8 Å². The molecular weight excluding hydrogens is 600 g/mol. The number of cyclic esters (lactones) is 1. The van der Waals surface area contributed by atoms with Crippen LogP contribution in [-0.4, -0.2) is 84.3 Å². The molecule has 2 rings (SSSR count). The highest BCUT2D eigenvalue weighted by Crippen LogP contribution is 2.32. The second-order valence-electron chi connectivity index (χ2n) is 13.8. The van der Waals surface area contributed by atoms with Gasteiger partial charge in [-0.2, -0.15) is 0 Å². The third-order valence-corrected chi connectivity index (χ3v) is 9.77. The van der Waals surface area contributed by atoms with E-state index in [0.717, 1.165) is 70.6 Å². The number of methoxy groups -OCH3 is 3. The summed E-state index contributed by atoms with van der Waals surface area (Å²) in [6.45, 7) is 3.03.